The lowest BCUT2D eigenvalue weighted by molar-refractivity contribution is -0.139. The summed E-state index contributed by atoms with van der Waals surface area (Å²) < 4.78 is 55.8. The van der Waals surface area contributed by atoms with Crippen molar-refractivity contribution in [2.75, 3.05) is 17.2 Å². The quantitative estimate of drug-likeness (QED) is 0.198. The number of carbonyl (C=O) groups is 2. The largest absolute Gasteiger partial charge is 0.345 e. The number of aryl methyl sites for hydroxylation is 2. The molecule has 0 unspecified atom stereocenters. The second-order valence-electron chi connectivity index (χ2n) is 11.3. The van der Waals surface area contributed by atoms with Crippen molar-refractivity contribution in [3.63, 3.8) is 0 Å². The van der Waals surface area contributed by atoms with Gasteiger partial charge >= 0.3 is 11.8 Å². The maximum absolute atomic E-state index is 12.9. The van der Waals surface area contributed by atoms with Gasteiger partial charge in [-0.25, -0.2) is 21.6 Å². The van der Waals surface area contributed by atoms with E-state index < -0.39 is 31.9 Å². The van der Waals surface area contributed by atoms with E-state index in [4.69, 9.17) is 0 Å². The lowest BCUT2D eigenvalue weighted by Gasteiger charge is -2.46. The topological polar surface area (TPSA) is 175 Å². The molecule has 14 heteroatoms. The predicted octanol–water partition coefficient (Wildman–Crippen LogP) is 1.88. The average molecular weight is 595 g/mol. The first-order chi connectivity index (χ1) is 18.3. The van der Waals surface area contributed by atoms with Crippen molar-refractivity contribution in [2.24, 2.45) is 0 Å². The Balaban J connectivity index is 1.76. The smallest absolute Gasteiger partial charge is 0.327 e. The number of amides is 2. The molecule has 2 amide bonds. The molecule has 1 fully saturated rings. The third-order valence-corrected chi connectivity index (χ3v) is 9.46. The Morgan fingerprint density at radius 3 is 2.05 bits per heavy atom. The molecule has 0 atom stereocenters. The normalized spacial score (nSPS) is 17.1. The van der Waals surface area contributed by atoms with Crippen LogP contribution in [0, 0.1) is 13.8 Å². The summed E-state index contributed by atoms with van der Waals surface area (Å²) in [5, 5.41) is 6.24. The third-order valence-electron chi connectivity index (χ3n) is 6.62. The summed E-state index contributed by atoms with van der Waals surface area (Å²) in [6.07, 6.45) is 1.24. The van der Waals surface area contributed by atoms with Crippen LogP contribution < -0.4 is 30.9 Å². The van der Waals surface area contributed by atoms with Gasteiger partial charge < -0.3 is 10.6 Å². The number of hydrogen-bond donors (Lipinski definition) is 6. The lowest BCUT2D eigenvalue weighted by atomic mass is 9.79. The molecular weight excluding hydrogens is 556 g/mol. The first-order valence-electron chi connectivity index (χ1n) is 12.7. The van der Waals surface area contributed by atoms with E-state index in [1.807, 2.05) is 34.6 Å². The molecule has 0 radical (unpaired) electrons. The van der Waals surface area contributed by atoms with Gasteiger partial charge in [-0.05, 0) is 103 Å². The van der Waals surface area contributed by atoms with Crippen LogP contribution in [0.2, 0.25) is 0 Å². The van der Waals surface area contributed by atoms with Crippen LogP contribution in [0.15, 0.2) is 46.2 Å². The minimum Gasteiger partial charge on any atom is -0.345 e. The molecule has 0 aliphatic carbocycles. The van der Waals surface area contributed by atoms with Gasteiger partial charge in [-0.2, -0.15) is 0 Å². The highest BCUT2D eigenvalue weighted by Crippen LogP contribution is 2.29. The third kappa shape index (κ3) is 7.71. The van der Waals surface area contributed by atoms with E-state index in [1.165, 1.54) is 31.3 Å². The summed E-state index contributed by atoms with van der Waals surface area (Å²) >= 11 is 0. The SMILES string of the molecule is CNS(=O)(=O)c1cc(NS(=O)(=O)c2ccc(C)c(C)c2)ccc1NNC(=O)C(=O)NC1CC(C)(C)NC(C)(C)C1. The fourth-order valence-corrected chi connectivity index (χ4v) is 7.02. The van der Waals surface area contributed by atoms with Crippen LogP contribution in [0.25, 0.3) is 0 Å². The van der Waals surface area contributed by atoms with E-state index >= 15 is 0 Å². The van der Waals surface area contributed by atoms with Crippen molar-refractivity contribution in [3.05, 3.63) is 47.5 Å². The number of nitrogens with one attached hydrogen (secondary N) is 6. The molecule has 0 saturated carbocycles. The van der Waals surface area contributed by atoms with Gasteiger partial charge in [-0.15, -0.1) is 0 Å². The molecule has 0 aromatic heterocycles. The predicted molar refractivity (Wildman–Crippen MR) is 154 cm³/mol. The van der Waals surface area contributed by atoms with E-state index in [-0.39, 0.29) is 38.3 Å². The van der Waals surface area contributed by atoms with E-state index in [9.17, 15) is 26.4 Å². The highest BCUT2D eigenvalue weighted by atomic mass is 32.2. The molecular formula is C26H38N6O6S2. The van der Waals surface area contributed by atoms with Crippen LogP contribution in [-0.4, -0.2) is 52.8 Å². The van der Waals surface area contributed by atoms with Crippen LogP contribution in [0.5, 0.6) is 0 Å². The minimum atomic E-state index is -4.11. The summed E-state index contributed by atoms with van der Waals surface area (Å²) in [5.41, 5.74) is 5.83. The number of piperidine rings is 1. The van der Waals surface area contributed by atoms with Crippen LogP contribution in [0.1, 0.15) is 51.7 Å². The maximum atomic E-state index is 12.9. The second-order valence-corrected chi connectivity index (χ2v) is 14.9. The number of sulfonamides is 2. The van der Waals surface area contributed by atoms with Crippen molar-refractivity contribution in [1.82, 2.24) is 20.8 Å². The molecule has 1 saturated heterocycles. The van der Waals surface area contributed by atoms with Crippen molar-refractivity contribution in [2.45, 2.75) is 81.3 Å². The highest BCUT2D eigenvalue weighted by Gasteiger charge is 2.38. The molecule has 40 heavy (non-hydrogen) atoms. The average Bonchev–Trinajstić information content (AvgIpc) is 2.82. The van der Waals surface area contributed by atoms with Gasteiger partial charge in [0.05, 0.1) is 16.3 Å². The summed E-state index contributed by atoms with van der Waals surface area (Å²) in [7, 11) is -6.93. The van der Waals surface area contributed by atoms with E-state index in [2.05, 4.69) is 30.9 Å². The number of anilines is 2. The zero-order valence-electron chi connectivity index (χ0n) is 23.7. The monoisotopic (exact) mass is 594 g/mol. The number of hydrogen-bond acceptors (Lipinski definition) is 8. The first-order valence-corrected chi connectivity index (χ1v) is 15.6. The van der Waals surface area contributed by atoms with Crippen molar-refractivity contribution in [1.29, 1.82) is 0 Å². The first kappa shape index (κ1) is 31.3. The van der Waals surface area contributed by atoms with Crippen LogP contribution >= 0.6 is 0 Å². The number of rotatable bonds is 8. The van der Waals surface area contributed by atoms with Crippen LogP contribution in [0.3, 0.4) is 0 Å². The standard InChI is InChI=1S/C26H38N6O6S2/c1-16-8-10-20(12-17(16)2)39(35,36)31-18-9-11-21(22(13-18)40(37,38)27-7)29-30-24(34)23(33)28-19-14-25(3,4)32-26(5,6)15-19/h8-13,19,27,29,31-32H,14-15H2,1-7H3,(H,28,33)(H,30,34). The molecule has 1 aliphatic heterocycles. The van der Waals surface area contributed by atoms with Crippen LogP contribution in [0.4, 0.5) is 11.4 Å². The Morgan fingerprint density at radius 1 is 0.850 bits per heavy atom. The summed E-state index contributed by atoms with van der Waals surface area (Å²) in [6, 6.07) is 8.13. The van der Waals surface area contributed by atoms with Gasteiger partial charge in [-0.1, -0.05) is 6.07 Å². The molecule has 1 aliphatic rings. The Hall–Kier alpha value is -3.20. The molecule has 0 bridgehead atoms. The molecule has 0 spiro atoms. The molecule has 3 rings (SSSR count). The Labute approximate surface area is 236 Å². The number of benzene rings is 2. The maximum Gasteiger partial charge on any atom is 0.327 e. The van der Waals surface area contributed by atoms with Crippen LogP contribution in [-0.2, 0) is 29.6 Å². The van der Waals surface area contributed by atoms with Crippen molar-refractivity contribution >= 4 is 43.2 Å². The van der Waals surface area contributed by atoms with Crippen molar-refractivity contribution < 1.29 is 26.4 Å². The second kappa shape index (κ2) is 11.4. The zero-order valence-corrected chi connectivity index (χ0v) is 25.4. The molecule has 6 N–H and O–H groups in total. The van der Waals surface area contributed by atoms with Gasteiger partial charge in [-0.3, -0.25) is 25.2 Å². The lowest BCUT2D eigenvalue weighted by Crippen LogP contribution is -2.63. The fourth-order valence-electron chi connectivity index (χ4n) is 4.97. The fraction of sp³-hybridized carbons (Fsp3) is 0.462. The van der Waals surface area contributed by atoms with Crippen molar-refractivity contribution in [3.8, 4) is 0 Å². The Bertz CT molecular complexity index is 1500. The number of hydrazine groups is 1. The van der Waals surface area contributed by atoms with Gasteiger partial charge in [0, 0.05) is 17.1 Å². The summed E-state index contributed by atoms with van der Waals surface area (Å²) in [4.78, 5) is 24.8. The minimum absolute atomic E-state index is 0.0159. The van der Waals surface area contributed by atoms with E-state index in [0.29, 0.717) is 12.8 Å². The number of carbonyl (C=O) groups excluding carboxylic acids is 2. The van der Waals surface area contributed by atoms with Gasteiger partial charge in [0.2, 0.25) is 10.0 Å². The molecule has 2 aromatic rings. The Morgan fingerprint density at radius 2 is 1.48 bits per heavy atom. The highest BCUT2D eigenvalue weighted by molar-refractivity contribution is 7.92. The zero-order chi connectivity index (χ0) is 30.1. The summed E-state index contributed by atoms with van der Waals surface area (Å²) in [6.45, 7) is 11.7. The van der Waals surface area contributed by atoms with E-state index in [0.717, 1.165) is 17.2 Å². The molecule has 1 heterocycles. The van der Waals surface area contributed by atoms with Gasteiger partial charge in [0.1, 0.15) is 4.90 Å². The van der Waals surface area contributed by atoms with Gasteiger partial charge in [0.25, 0.3) is 10.0 Å². The molecule has 12 nitrogen and oxygen atoms in total. The molecule has 2 aromatic carbocycles. The van der Waals surface area contributed by atoms with Gasteiger partial charge in [0.15, 0.2) is 0 Å². The summed E-state index contributed by atoms with van der Waals surface area (Å²) in [5.74, 6) is -1.89. The van der Waals surface area contributed by atoms with E-state index in [1.54, 1.807) is 13.0 Å². The molecule has 220 valence electrons. The Kier molecular flexibility index (Phi) is 8.89.